The number of pyridine rings is 1. The van der Waals surface area contributed by atoms with Crippen molar-refractivity contribution in [3.8, 4) is 0 Å². The maximum absolute atomic E-state index is 13.1. The van der Waals surface area contributed by atoms with Crippen molar-refractivity contribution in [3.63, 3.8) is 0 Å². The van der Waals surface area contributed by atoms with Crippen LogP contribution in [0.4, 0.5) is 11.4 Å². The summed E-state index contributed by atoms with van der Waals surface area (Å²) in [5.74, 6) is -0.152. The second kappa shape index (κ2) is 7.08. The minimum Gasteiger partial charge on any atom is -0.375 e. The Kier molecular flexibility index (Phi) is 4.47. The summed E-state index contributed by atoms with van der Waals surface area (Å²) in [6.07, 6.45) is 1.73. The largest absolute Gasteiger partial charge is 0.375 e. The number of carbonyl (C=O) groups excluding carboxylic acids is 1. The fourth-order valence-electron chi connectivity index (χ4n) is 3.30. The van der Waals surface area contributed by atoms with E-state index in [0.717, 1.165) is 39.6 Å². The quantitative estimate of drug-likeness (QED) is 0.518. The van der Waals surface area contributed by atoms with Crippen molar-refractivity contribution in [3.05, 3.63) is 78.5 Å². The van der Waals surface area contributed by atoms with E-state index in [0.29, 0.717) is 5.56 Å². The van der Waals surface area contributed by atoms with E-state index in [1.165, 1.54) is 0 Å². The highest BCUT2D eigenvalue weighted by molar-refractivity contribution is 6.18. The Morgan fingerprint density at radius 2 is 1.81 bits per heavy atom. The van der Waals surface area contributed by atoms with Gasteiger partial charge in [-0.05, 0) is 48.0 Å². The van der Waals surface area contributed by atoms with Gasteiger partial charge >= 0.3 is 0 Å². The molecular weight excluding hydrogens is 334 g/mol. The fraction of sp³-hybridized carbons (Fsp3) is 0.130. The second-order valence-corrected chi connectivity index (χ2v) is 6.56. The summed E-state index contributed by atoms with van der Waals surface area (Å²) in [4.78, 5) is 19.7. The first kappa shape index (κ1) is 17.0. The predicted molar refractivity (Wildman–Crippen MR) is 113 cm³/mol. The van der Waals surface area contributed by atoms with Gasteiger partial charge in [0.15, 0.2) is 0 Å². The third-order valence-corrected chi connectivity index (χ3v) is 4.88. The van der Waals surface area contributed by atoms with Crippen LogP contribution >= 0.6 is 0 Å². The van der Waals surface area contributed by atoms with E-state index in [1.54, 1.807) is 6.20 Å². The molecule has 1 aromatic heterocycles. The smallest absolute Gasteiger partial charge is 0.257 e. The van der Waals surface area contributed by atoms with Gasteiger partial charge in [-0.15, -0.1) is 0 Å². The Labute approximate surface area is 158 Å². The van der Waals surface area contributed by atoms with Gasteiger partial charge in [0, 0.05) is 36.6 Å². The maximum Gasteiger partial charge on any atom is 0.257 e. The van der Waals surface area contributed by atoms with Gasteiger partial charge in [0.25, 0.3) is 5.91 Å². The number of nitrogens with zero attached hydrogens (tertiary/aromatic N) is 2. The van der Waals surface area contributed by atoms with E-state index >= 15 is 0 Å². The van der Waals surface area contributed by atoms with Crippen LogP contribution in [0, 0.1) is 0 Å². The first-order valence-electron chi connectivity index (χ1n) is 9.06. The van der Waals surface area contributed by atoms with Gasteiger partial charge in [0.2, 0.25) is 0 Å². The molecule has 1 amide bonds. The zero-order chi connectivity index (χ0) is 18.8. The summed E-state index contributed by atoms with van der Waals surface area (Å²) in [5.41, 5.74) is 3.14. The Morgan fingerprint density at radius 3 is 2.67 bits per heavy atom. The number of carbonyl (C=O) groups is 1. The number of hydrogen-bond donors (Lipinski definition) is 1. The molecular formula is C23H21N3O. The van der Waals surface area contributed by atoms with E-state index in [9.17, 15) is 4.79 Å². The molecule has 0 spiro atoms. The van der Waals surface area contributed by atoms with E-state index in [4.69, 9.17) is 0 Å². The van der Waals surface area contributed by atoms with Crippen molar-refractivity contribution in [2.45, 2.75) is 6.92 Å². The molecule has 1 heterocycles. The highest BCUT2D eigenvalue weighted by Crippen LogP contribution is 2.28. The van der Waals surface area contributed by atoms with Crippen LogP contribution < -0.4 is 10.2 Å². The molecule has 0 atom stereocenters. The number of benzene rings is 3. The summed E-state index contributed by atoms with van der Waals surface area (Å²) in [6, 6.07) is 21.8. The molecule has 0 fully saturated rings. The molecule has 3 aromatic carbocycles. The molecule has 4 rings (SSSR count). The number of rotatable bonds is 4. The molecule has 4 nitrogen and oxygen atoms in total. The molecule has 4 aromatic rings. The summed E-state index contributed by atoms with van der Waals surface area (Å²) in [6.45, 7) is 2.99. The van der Waals surface area contributed by atoms with Gasteiger partial charge in [-0.3, -0.25) is 9.78 Å². The number of aromatic nitrogens is 1. The number of fused-ring (bicyclic) bond motifs is 3. The Bertz CT molecular complexity index is 1140. The maximum atomic E-state index is 13.1. The second-order valence-electron chi connectivity index (χ2n) is 6.56. The summed E-state index contributed by atoms with van der Waals surface area (Å²) >= 11 is 0. The first-order valence-corrected chi connectivity index (χ1v) is 9.06. The summed E-state index contributed by atoms with van der Waals surface area (Å²) in [7, 11) is 2.03. The molecule has 0 aliphatic carbocycles. The van der Waals surface area contributed by atoms with Crippen LogP contribution in [0.3, 0.4) is 0 Å². The van der Waals surface area contributed by atoms with Crippen LogP contribution in [0.5, 0.6) is 0 Å². The molecule has 0 aliphatic rings. The van der Waals surface area contributed by atoms with Crippen molar-refractivity contribution in [1.82, 2.24) is 4.98 Å². The third-order valence-electron chi connectivity index (χ3n) is 4.88. The van der Waals surface area contributed by atoms with Gasteiger partial charge in [-0.1, -0.05) is 36.4 Å². The van der Waals surface area contributed by atoms with Crippen molar-refractivity contribution < 1.29 is 4.79 Å². The van der Waals surface area contributed by atoms with Crippen molar-refractivity contribution in [2.24, 2.45) is 0 Å². The van der Waals surface area contributed by atoms with Crippen molar-refractivity contribution >= 4 is 39.0 Å². The molecule has 0 aliphatic heterocycles. The summed E-state index contributed by atoms with van der Waals surface area (Å²) in [5, 5.41) is 6.15. The minimum atomic E-state index is -0.152. The average molecular weight is 355 g/mol. The van der Waals surface area contributed by atoms with E-state index in [-0.39, 0.29) is 5.91 Å². The highest BCUT2D eigenvalue weighted by atomic mass is 16.1. The zero-order valence-electron chi connectivity index (χ0n) is 15.4. The predicted octanol–water partition coefficient (Wildman–Crippen LogP) is 5.10. The monoisotopic (exact) mass is 355 g/mol. The van der Waals surface area contributed by atoms with Crippen molar-refractivity contribution in [1.29, 1.82) is 0 Å². The number of amides is 1. The minimum absolute atomic E-state index is 0.152. The Morgan fingerprint density at radius 1 is 1.00 bits per heavy atom. The topological polar surface area (TPSA) is 45.2 Å². The Hall–Kier alpha value is -3.40. The third kappa shape index (κ3) is 3.22. The molecule has 134 valence electrons. The Balaban J connectivity index is 1.77. The van der Waals surface area contributed by atoms with Gasteiger partial charge < -0.3 is 10.2 Å². The van der Waals surface area contributed by atoms with Crippen LogP contribution in [0.15, 0.2) is 72.9 Å². The molecule has 4 heteroatoms. The first-order chi connectivity index (χ1) is 13.2. The molecule has 1 N–H and O–H groups in total. The zero-order valence-corrected chi connectivity index (χ0v) is 15.4. The lowest BCUT2D eigenvalue weighted by atomic mass is 10.0. The van der Waals surface area contributed by atoms with Crippen LogP contribution in [-0.4, -0.2) is 24.5 Å². The number of hydrogen-bond acceptors (Lipinski definition) is 3. The SMILES string of the molecule is CCN(C)c1cccc(NC(=O)c2cc3ccccc3c3cccnc23)c1. The van der Waals surface area contributed by atoms with Crippen molar-refractivity contribution in [2.75, 3.05) is 23.8 Å². The normalized spacial score (nSPS) is 10.9. The van der Waals surface area contributed by atoms with E-state index in [1.807, 2.05) is 67.7 Å². The van der Waals surface area contributed by atoms with Crippen LogP contribution in [0.2, 0.25) is 0 Å². The van der Waals surface area contributed by atoms with Crippen LogP contribution in [-0.2, 0) is 0 Å². The lowest BCUT2D eigenvalue weighted by Gasteiger charge is -2.18. The van der Waals surface area contributed by atoms with E-state index < -0.39 is 0 Å². The van der Waals surface area contributed by atoms with E-state index in [2.05, 4.69) is 28.2 Å². The van der Waals surface area contributed by atoms with Gasteiger partial charge in [0.05, 0.1) is 11.1 Å². The molecule has 0 bridgehead atoms. The van der Waals surface area contributed by atoms with Crippen LogP contribution in [0.1, 0.15) is 17.3 Å². The fourth-order valence-corrected chi connectivity index (χ4v) is 3.30. The van der Waals surface area contributed by atoms with Gasteiger partial charge in [0.1, 0.15) is 0 Å². The van der Waals surface area contributed by atoms with Gasteiger partial charge in [-0.25, -0.2) is 0 Å². The molecule has 0 saturated carbocycles. The molecule has 0 saturated heterocycles. The number of anilines is 2. The van der Waals surface area contributed by atoms with Gasteiger partial charge in [-0.2, -0.15) is 0 Å². The molecule has 27 heavy (non-hydrogen) atoms. The highest BCUT2D eigenvalue weighted by Gasteiger charge is 2.14. The lowest BCUT2D eigenvalue weighted by Crippen LogP contribution is -2.17. The lowest BCUT2D eigenvalue weighted by molar-refractivity contribution is 0.102. The molecule has 0 radical (unpaired) electrons. The molecule has 0 unspecified atom stereocenters. The number of nitrogens with one attached hydrogen (secondary N) is 1. The van der Waals surface area contributed by atoms with Crippen LogP contribution in [0.25, 0.3) is 21.7 Å². The average Bonchev–Trinajstić information content (AvgIpc) is 2.72. The summed E-state index contributed by atoms with van der Waals surface area (Å²) < 4.78 is 0. The standard InChI is InChI=1S/C23H21N3O/c1-3-26(2)18-10-6-9-17(15-18)25-23(27)21-14-16-8-4-5-11-19(16)20-12-7-13-24-22(20)21/h4-15H,3H2,1-2H3,(H,25,27).